The van der Waals surface area contributed by atoms with Gasteiger partial charge in [0.05, 0.1) is 5.69 Å². The number of hydrogen-bond donors (Lipinski definition) is 3. The highest BCUT2D eigenvalue weighted by Crippen LogP contribution is 2.20. The second kappa shape index (κ2) is 6.52. The van der Waals surface area contributed by atoms with E-state index in [-0.39, 0.29) is 11.6 Å². The first-order valence-corrected chi connectivity index (χ1v) is 6.69. The summed E-state index contributed by atoms with van der Waals surface area (Å²) in [5.74, 6) is -0.693. The lowest BCUT2D eigenvalue weighted by Crippen LogP contribution is -2.39. The van der Waals surface area contributed by atoms with Crippen LogP contribution in [0.25, 0.3) is 0 Å². The fourth-order valence-electron chi connectivity index (χ4n) is 2.26. The highest BCUT2D eigenvalue weighted by Gasteiger charge is 2.12. The van der Waals surface area contributed by atoms with Gasteiger partial charge in [-0.3, -0.25) is 4.79 Å². The quantitative estimate of drug-likeness (QED) is 0.783. The van der Waals surface area contributed by atoms with E-state index in [4.69, 9.17) is 0 Å². The van der Waals surface area contributed by atoms with Crippen molar-refractivity contribution in [2.24, 2.45) is 0 Å². The predicted octanol–water partition coefficient (Wildman–Crippen LogP) is 2.34. The third-order valence-corrected chi connectivity index (χ3v) is 3.24. The number of anilines is 2. The van der Waals surface area contributed by atoms with Gasteiger partial charge in [0.2, 0.25) is 5.91 Å². The summed E-state index contributed by atoms with van der Waals surface area (Å²) in [5, 5.41) is 9.20. The van der Waals surface area contributed by atoms with E-state index < -0.39 is 5.82 Å². The van der Waals surface area contributed by atoms with E-state index in [9.17, 15) is 9.18 Å². The van der Waals surface area contributed by atoms with Gasteiger partial charge >= 0.3 is 0 Å². The van der Waals surface area contributed by atoms with Gasteiger partial charge in [-0.25, -0.2) is 4.39 Å². The zero-order valence-corrected chi connectivity index (χ0v) is 11.1. The molecule has 1 saturated heterocycles. The highest BCUT2D eigenvalue weighted by atomic mass is 19.1. The van der Waals surface area contributed by atoms with E-state index in [1.54, 1.807) is 12.1 Å². The largest absolute Gasteiger partial charge is 0.383 e. The van der Waals surface area contributed by atoms with E-state index >= 15 is 0 Å². The van der Waals surface area contributed by atoms with Crippen molar-refractivity contribution in [2.75, 3.05) is 23.7 Å². The normalized spacial score (nSPS) is 18.9. The van der Waals surface area contributed by atoms with Gasteiger partial charge in [0.15, 0.2) is 0 Å². The zero-order chi connectivity index (χ0) is 13.7. The molecule has 1 aliphatic heterocycles. The first kappa shape index (κ1) is 13.8. The molecule has 0 aliphatic carbocycles. The lowest BCUT2D eigenvalue weighted by molar-refractivity contribution is -0.114. The Kier molecular flexibility index (Phi) is 4.74. The maximum absolute atomic E-state index is 13.5. The Morgan fingerprint density at radius 3 is 3.00 bits per heavy atom. The van der Waals surface area contributed by atoms with Crippen molar-refractivity contribution in [3.05, 3.63) is 24.0 Å². The molecule has 1 aromatic rings. The van der Waals surface area contributed by atoms with Gasteiger partial charge in [0, 0.05) is 25.2 Å². The molecule has 0 saturated carbocycles. The van der Waals surface area contributed by atoms with E-state index in [0.717, 1.165) is 25.2 Å². The summed E-state index contributed by atoms with van der Waals surface area (Å²) in [5.41, 5.74) is 1.03. The summed E-state index contributed by atoms with van der Waals surface area (Å²) in [4.78, 5) is 11.0. The lowest BCUT2D eigenvalue weighted by atomic mass is 10.1. The van der Waals surface area contributed by atoms with E-state index in [1.165, 1.54) is 25.8 Å². The third kappa shape index (κ3) is 4.21. The molecular weight excluding hydrogens is 245 g/mol. The summed E-state index contributed by atoms with van der Waals surface area (Å²) in [6.45, 7) is 3.24. The minimum Gasteiger partial charge on any atom is -0.383 e. The maximum atomic E-state index is 13.5. The fourth-order valence-corrected chi connectivity index (χ4v) is 2.26. The molecule has 4 nitrogen and oxygen atoms in total. The van der Waals surface area contributed by atoms with Gasteiger partial charge in [-0.2, -0.15) is 0 Å². The van der Waals surface area contributed by atoms with E-state index in [0.29, 0.717) is 6.04 Å². The first-order chi connectivity index (χ1) is 9.15. The second-order valence-corrected chi connectivity index (χ2v) is 4.90. The minimum atomic E-state index is -0.420. The summed E-state index contributed by atoms with van der Waals surface area (Å²) in [6.07, 6.45) is 3.65. The van der Waals surface area contributed by atoms with Crippen LogP contribution in [0, 0.1) is 5.82 Å². The van der Waals surface area contributed by atoms with Gasteiger partial charge in [0.1, 0.15) is 5.82 Å². The number of carbonyl (C=O) groups is 1. The van der Waals surface area contributed by atoms with Gasteiger partial charge in [-0.1, -0.05) is 6.42 Å². The molecule has 0 radical (unpaired) electrons. The molecule has 1 heterocycles. The van der Waals surface area contributed by atoms with Crippen molar-refractivity contribution < 1.29 is 9.18 Å². The summed E-state index contributed by atoms with van der Waals surface area (Å²) < 4.78 is 13.5. The summed E-state index contributed by atoms with van der Waals surface area (Å²) in [6, 6.07) is 5.13. The number of nitrogens with one attached hydrogen (secondary N) is 3. The Morgan fingerprint density at radius 1 is 1.47 bits per heavy atom. The topological polar surface area (TPSA) is 53.2 Å². The summed E-state index contributed by atoms with van der Waals surface area (Å²) in [7, 11) is 0. The Balaban J connectivity index is 1.94. The molecule has 5 heteroatoms. The van der Waals surface area contributed by atoms with Crippen LogP contribution in [0.4, 0.5) is 15.8 Å². The standard InChI is InChI=1S/C14H20FN3O/c1-10(19)18-14-8-11(5-6-13(14)15)17-9-12-4-2-3-7-16-12/h5-6,8,12,16-17H,2-4,7,9H2,1H3,(H,18,19). The molecule has 1 atom stereocenters. The molecule has 0 bridgehead atoms. The maximum Gasteiger partial charge on any atom is 0.221 e. The molecule has 1 fully saturated rings. The van der Waals surface area contributed by atoms with Gasteiger partial charge < -0.3 is 16.0 Å². The minimum absolute atomic E-state index is 0.217. The fraction of sp³-hybridized carbons (Fsp3) is 0.500. The molecule has 1 aliphatic rings. The van der Waals surface area contributed by atoms with Crippen LogP contribution in [0.2, 0.25) is 0 Å². The van der Waals surface area contributed by atoms with Crippen molar-refractivity contribution in [3.8, 4) is 0 Å². The number of hydrogen-bond acceptors (Lipinski definition) is 3. The van der Waals surface area contributed by atoms with Crippen LogP contribution in [-0.2, 0) is 4.79 Å². The number of amides is 1. The van der Waals surface area contributed by atoms with Crippen molar-refractivity contribution in [3.63, 3.8) is 0 Å². The number of rotatable bonds is 4. The molecule has 3 N–H and O–H groups in total. The lowest BCUT2D eigenvalue weighted by Gasteiger charge is -2.24. The highest BCUT2D eigenvalue weighted by molar-refractivity contribution is 5.89. The summed E-state index contributed by atoms with van der Waals surface area (Å²) >= 11 is 0. The van der Waals surface area contributed by atoms with Gasteiger partial charge in [-0.05, 0) is 37.6 Å². The molecule has 2 rings (SSSR count). The smallest absolute Gasteiger partial charge is 0.221 e. The number of halogens is 1. The number of benzene rings is 1. The van der Waals surface area contributed by atoms with Gasteiger partial charge in [-0.15, -0.1) is 0 Å². The van der Waals surface area contributed by atoms with Crippen molar-refractivity contribution in [1.29, 1.82) is 0 Å². The van der Waals surface area contributed by atoms with E-state index in [1.807, 2.05) is 0 Å². The van der Waals surface area contributed by atoms with Crippen LogP contribution in [0.3, 0.4) is 0 Å². The van der Waals surface area contributed by atoms with Crippen molar-refractivity contribution in [2.45, 2.75) is 32.2 Å². The van der Waals surface area contributed by atoms with Crippen LogP contribution in [0.1, 0.15) is 26.2 Å². The average Bonchev–Trinajstić information content (AvgIpc) is 2.40. The Morgan fingerprint density at radius 2 is 2.32 bits per heavy atom. The van der Waals surface area contributed by atoms with Crippen LogP contribution < -0.4 is 16.0 Å². The molecule has 1 unspecified atom stereocenters. The van der Waals surface area contributed by atoms with Crippen LogP contribution in [0.15, 0.2) is 18.2 Å². The van der Waals surface area contributed by atoms with E-state index in [2.05, 4.69) is 16.0 Å². The molecule has 1 aromatic carbocycles. The zero-order valence-electron chi connectivity index (χ0n) is 11.1. The third-order valence-electron chi connectivity index (χ3n) is 3.24. The van der Waals surface area contributed by atoms with Crippen molar-refractivity contribution in [1.82, 2.24) is 5.32 Å². The molecule has 1 amide bonds. The molecule has 0 spiro atoms. The second-order valence-electron chi connectivity index (χ2n) is 4.90. The monoisotopic (exact) mass is 265 g/mol. The number of piperidine rings is 1. The Bertz CT molecular complexity index is 444. The molecule has 104 valence electrons. The molecule has 0 aromatic heterocycles. The van der Waals surface area contributed by atoms with Gasteiger partial charge in [0.25, 0.3) is 0 Å². The Hall–Kier alpha value is -1.62. The predicted molar refractivity (Wildman–Crippen MR) is 74.8 cm³/mol. The van der Waals surface area contributed by atoms with Crippen molar-refractivity contribution >= 4 is 17.3 Å². The van der Waals surface area contributed by atoms with Crippen LogP contribution in [0.5, 0.6) is 0 Å². The SMILES string of the molecule is CC(=O)Nc1cc(NCC2CCCCN2)ccc1F. The first-order valence-electron chi connectivity index (χ1n) is 6.69. The molecule has 19 heavy (non-hydrogen) atoms. The average molecular weight is 265 g/mol. The molecular formula is C14H20FN3O. The Labute approximate surface area is 112 Å². The number of carbonyl (C=O) groups excluding carboxylic acids is 1. The van der Waals surface area contributed by atoms with Crippen LogP contribution >= 0.6 is 0 Å². The van der Waals surface area contributed by atoms with Crippen LogP contribution in [-0.4, -0.2) is 25.0 Å².